The fraction of sp³-hybridized carbons (Fsp3) is 0.412. The predicted octanol–water partition coefficient (Wildman–Crippen LogP) is 1.82. The molecule has 0 atom stereocenters. The summed E-state index contributed by atoms with van der Waals surface area (Å²) in [7, 11) is 0. The molecule has 2 heterocycles. The van der Waals surface area contributed by atoms with Crippen molar-refractivity contribution in [1.82, 2.24) is 9.80 Å². The number of thioether (sulfide) groups is 1. The summed E-state index contributed by atoms with van der Waals surface area (Å²) in [5.41, 5.74) is 1.20. The van der Waals surface area contributed by atoms with Crippen molar-refractivity contribution in [3.8, 4) is 0 Å². The van der Waals surface area contributed by atoms with Gasteiger partial charge in [-0.25, -0.2) is 0 Å². The highest BCUT2D eigenvalue weighted by Crippen LogP contribution is 2.23. The van der Waals surface area contributed by atoms with Gasteiger partial charge in [0.2, 0.25) is 5.91 Å². The van der Waals surface area contributed by atoms with Crippen molar-refractivity contribution in [2.75, 3.05) is 18.8 Å². The Morgan fingerprint density at radius 3 is 2.52 bits per heavy atom. The molecule has 1 aromatic carbocycles. The van der Waals surface area contributed by atoms with E-state index < -0.39 is 5.97 Å². The number of imide groups is 1. The number of hydrogen-bond donors (Lipinski definition) is 1. The van der Waals surface area contributed by atoms with Crippen LogP contribution < -0.4 is 0 Å². The molecule has 2 fully saturated rings. The number of piperidine rings is 1. The second-order valence-electron chi connectivity index (χ2n) is 6.14. The molecule has 7 nitrogen and oxygen atoms in total. The second kappa shape index (κ2) is 7.26. The highest BCUT2D eigenvalue weighted by molar-refractivity contribution is 8.14. The number of carbonyl (C=O) groups is 4. The number of nitrogens with zero attached hydrogens (tertiary/aromatic N) is 2. The Balaban J connectivity index is 1.67. The Morgan fingerprint density at radius 2 is 1.92 bits per heavy atom. The molecule has 8 heteroatoms. The first-order chi connectivity index (χ1) is 12.0. The van der Waals surface area contributed by atoms with E-state index in [0.717, 1.165) is 17.3 Å². The van der Waals surface area contributed by atoms with Crippen LogP contribution in [0.3, 0.4) is 0 Å². The van der Waals surface area contributed by atoms with Crippen molar-refractivity contribution in [2.24, 2.45) is 5.92 Å². The molecule has 1 aromatic rings. The molecule has 2 saturated heterocycles. The summed E-state index contributed by atoms with van der Waals surface area (Å²) in [5, 5.41) is 8.76. The summed E-state index contributed by atoms with van der Waals surface area (Å²) in [6, 6.07) is 6.88. The molecule has 0 unspecified atom stereocenters. The highest BCUT2D eigenvalue weighted by Gasteiger charge is 2.30. The van der Waals surface area contributed by atoms with E-state index in [1.165, 1.54) is 4.90 Å². The third-order valence-electron chi connectivity index (χ3n) is 4.49. The Bertz CT molecular complexity index is 712. The van der Waals surface area contributed by atoms with Crippen LogP contribution in [0.5, 0.6) is 0 Å². The van der Waals surface area contributed by atoms with E-state index >= 15 is 0 Å². The molecular formula is C17H18N2O5S. The van der Waals surface area contributed by atoms with Gasteiger partial charge < -0.3 is 10.0 Å². The van der Waals surface area contributed by atoms with Crippen LogP contribution in [0.15, 0.2) is 24.3 Å². The number of amides is 3. The molecule has 2 aliphatic heterocycles. The summed E-state index contributed by atoms with van der Waals surface area (Å²) in [4.78, 5) is 49.8. The average Bonchev–Trinajstić information content (AvgIpc) is 2.93. The van der Waals surface area contributed by atoms with Crippen LogP contribution >= 0.6 is 11.8 Å². The molecule has 0 spiro atoms. The number of carboxylic acid groups (broad SMARTS) is 1. The largest absolute Gasteiger partial charge is 0.481 e. The first-order valence-electron chi connectivity index (χ1n) is 8.04. The van der Waals surface area contributed by atoms with Gasteiger partial charge in [0.25, 0.3) is 11.1 Å². The minimum absolute atomic E-state index is 0.154. The zero-order valence-corrected chi connectivity index (χ0v) is 14.3. The van der Waals surface area contributed by atoms with Crippen LogP contribution in [-0.4, -0.2) is 56.8 Å². The van der Waals surface area contributed by atoms with Gasteiger partial charge in [-0.05, 0) is 30.5 Å². The van der Waals surface area contributed by atoms with E-state index in [0.29, 0.717) is 31.5 Å². The van der Waals surface area contributed by atoms with E-state index in [2.05, 4.69) is 0 Å². The maximum absolute atomic E-state index is 12.6. The summed E-state index contributed by atoms with van der Waals surface area (Å²) in [6.07, 6.45) is 0.906. The zero-order chi connectivity index (χ0) is 18.0. The quantitative estimate of drug-likeness (QED) is 0.878. The first-order valence-corrected chi connectivity index (χ1v) is 9.02. The van der Waals surface area contributed by atoms with Crippen molar-refractivity contribution >= 4 is 34.8 Å². The number of aliphatic carboxylic acids is 1. The number of rotatable bonds is 4. The maximum atomic E-state index is 12.6. The molecule has 0 aliphatic carbocycles. The Hall–Kier alpha value is -2.35. The number of benzene rings is 1. The summed E-state index contributed by atoms with van der Waals surface area (Å²) < 4.78 is 0. The lowest BCUT2D eigenvalue weighted by Gasteiger charge is -2.30. The van der Waals surface area contributed by atoms with E-state index in [-0.39, 0.29) is 35.3 Å². The number of carbonyl (C=O) groups excluding carboxylic acids is 3. The van der Waals surface area contributed by atoms with Crippen LogP contribution in [0.4, 0.5) is 4.79 Å². The van der Waals surface area contributed by atoms with Crippen molar-refractivity contribution in [3.63, 3.8) is 0 Å². The number of carboxylic acids is 1. The minimum atomic E-state index is -0.813. The van der Waals surface area contributed by atoms with Crippen LogP contribution in [0.2, 0.25) is 0 Å². The van der Waals surface area contributed by atoms with Crippen molar-refractivity contribution in [1.29, 1.82) is 0 Å². The molecule has 0 radical (unpaired) electrons. The van der Waals surface area contributed by atoms with Crippen molar-refractivity contribution < 1.29 is 24.3 Å². The van der Waals surface area contributed by atoms with Gasteiger partial charge in [0.15, 0.2) is 0 Å². The molecule has 132 valence electrons. The number of likely N-dealkylation sites (tertiary alicyclic amines) is 1. The molecule has 1 N–H and O–H groups in total. The summed E-state index contributed by atoms with van der Waals surface area (Å²) in [6.45, 7) is 0.992. The molecule has 0 bridgehead atoms. The smallest absolute Gasteiger partial charge is 0.306 e. The fourth-order valence-corrected chi connectivity index (χ4v) is 3.76. The predicted molar refractivity (Wildman–Crippen MR) is 91.1 cm³/mol. The summed E-state index contributed by atoms with van der Waals surface area (Å²) >= 11 is 0.983. The maximum Gasteiger partial charge on any atom is 0.306 e. The highest BCUT2D eigenvalue weighted by atomic mass is 32.2. The lowest BCUT2D eigenvalue weighted by Crippen LogP contribution is -2.40. The van der Waals surface area contributed by atoms with Crippen molar-refractivity contribution in [3.05, 3.63) is 35.4 Å². The van der Waals surface area contributed by atoms with E-state index in [4.69, 9.17) is 5.11 Å². The monoisotopic (exact) mass is 362 g/mol. The molecule has 0 saturated carbocycles. The van der Waals surface area contributed by atoms with Crippen LogP contribution in [0.1, 0.15) is 28.8 Å². The summed E-state index contributed by atoms with van der Waals surface area (Å²) in [5.74, 6) is -1.41. The SMILES string of the molecule is O=C(O)C1CCN(C(=O)c2cccc(CN3C(=O)CSC3=O)c2)CC1. The van der Waals surface area contributed by atoms with Gasteiger partial charge in [-0.2, -0.15) is 0 Å². The molecule has 0 aromatic heterocycles. The molecule has 3 rings (SSSR count). The Kier molecular flexibility index (Phi) is 5.08. The second-order valence-corrected chi connectivity index (χ2v) is 7.07. The minimum Gasteiger partial charge on any atom is -0.481 e. The first kappa shape index (κ1) is 17.5. The van der Waals surface area contributed by atoms with Gasteiger partial charge in [-0.15, -0.1) is 0 Å². The van der Waals surface area contributed by atoms with Gasteiger partial charge in [0, 0.05) is 18.7 Å². The lowest BCUT2D eigenvalue weighted by atomic mass is 9.96. The Labute approximate surface area is 149 Å². The fourth-order valence-electron chi connectivity index (χ4n) is 3.03. The topological polar surface area (TPSA) is 95.0 Å². The van der Waals surface area contributed by atoms with Gasteiger partial charge in [0.05, 0.1) is 18.2 Å². The average molecular weight is 362 g/mol. The van der Waals surface area contributed by atoms with Gasteiger partial charge >= 0.3 is 5.97 Å². The van der Waals surface area contributed by atoms with Gasteiger partial charge in [-0.1, -0.05) is 23.9 Å². The van der Waals surface area contributed by atoms with E-state index in [9.17, 15) is 19.2 Å². The third-order valence-corrected chi connectivity index (χ3v) is 5.35. The Morgan fingerprint density at radius 1 is 1.20 bits per heavy atom. The molecular weight excluding hydrogens is 344 g/mol. The van der Waals surface area contributed by atoms with Gasteiger partial charge in [0.1, 0.15) is 0 Å². The van der Waals surface area contributed by atoms with Crippen molar-refractivity contribution in [2.45, 2.75) is 19.4 Å². The van der Waals surface area contributed by atoms with E-state index in [1.54, 1.807) is 29.2 Å². The van der Waals surface area contributed by atoms with Crippen LogP contribution in [0, 0.1) is 5.92 Å². The normalized spacial score (nSPS) is 18.7. The third kappa shape index (κ3) is 3.84. The molecule has 2 aliphatic rings. The lowest BCUT2D eigenvalue weighted by molar-refractivity contribution is -0.143. The number of hydrogen-bond acceptors (Lipinski definition) is 5. The zero-order valence-electron chi connectivity index (χ0n) is 13.5. The van der Waals surface area contributed by atoms with Crippen LogP contribution in [0.25, 0.3) is 0 Å². The standard InChI is InChI=1S/C17H18N2O5S/c20-14-10-25-17(24)19(14)9-11-2-1-3-13(8-11)15(21)18-6-4-12(5-7-18)16(22)23/h1-3,8,12H,4-7,9-10H2,(H,22,23). The molecule has 3 amide bonds. The van der Waals surface area contributed by atoms with Crippen LogP contribution in [-0.2, 0) is 16.1 Å². The molecule has 25 heavy (non-hydrogen) atoms. The van der Waals surface area contributed by atoms with Gasteiger partial charge in [-0.3, -0.25) is 24.1 Å². The van der Waals surface area contributed by atoms with E-state index in [1.807, 2.05) is 0 Å².